The van der Waals surface area contributed by atoms with Crippen LogP contribution in [0.1, 0.15) is 245 Å². The van der Waals surface area contributed by atoms with Crippen molar-refractivity contribution < 1.29 is 24.5 Å². The molecule has 3 N–H and O–H groups in total. The molecule has 0 aliphatic heterocycles. The number of amides is 1. The Kier molecular flexibility index (Phi) is 44.2. The fourth-order valence-electron chi connectivity index (χ4n) is 7.08. The molecule has 0 radical (unpaired) electrons. The van der Waals surface area contributed by atoms with Crippen LogP contribution < -0.4 is 5.32 Å². The molecule has 0 saturated heterocycles. The Bertz CT molecular complexity index is 915. The minimum Gasteiger partial charge on any atom is -0.466 e. The second kappa shape index (κ2) is 45.8. The third-order valence-corrected chi connectivity index (χ3v) is 10.9. The molecule has 2 atom stereocenters. The molecule has 1 amide bonds. The number of unbranched alkanes of at least 4 members (excludes halogenated alkanes) is 29. The van der Waals surface area contributed by atoms with Crippen LogP contribution in [0.25, 0.3) is 0 Å². The molecule has 0 aromatic carbocycles. The first kappa shape index (κ1) is 54.1. The van der Waals surface area contributed by atoms with Gasteiger partial charge in [0.05, 0.1) is 25.4 Å². The maximum Gasteiger partial charge on any atom is 0.305 e. The lowest BCUT2D eigenvalue weighted by molar-refractivity contribution is -0.143. The molecule has 0 heterocycles. The number of nitrogens with one attached hydrogen (secondary N) is 1. The van der Waals surface area contributed by atoms with Gasteiger partial charge in [-0.3, -0.25) is 9.59 Å². The second-order valence-electron chi connectivity index (χ2n) is 16.4. The third-order valence-electron chi connectivity index (χ3n) is 10.9. The maximum atomic E-state index is 12.4. The average Bonchev–Trinajstić information content (AvgIpc) is 3.20. The molecule has 0 spiro atoms. The summed E-state index contributed by atoms with van der Waals surface area (Å²) in [6, 6.07) is -0.636. The Morgan fingerprint density at radius 2 is 0.857 bits per heavy atom. The molecule has 6 heteroatoms. The second-order valence-corrected chi connectivity index (χ2v) is 16.4. The number of allylic oxidation sites excluding steroid dienone is 5. The predicted molar refractivity (Wildman–Crippen MR) is 241 cm³/mol. The Hall–Kier alpha value is -1.92. The number of ether oxygens (including phenoxy) is 1. The Morgan fingerprint density at radius 1 is 0.482 bits per heavy atom. The van der Waals surface area contributed by atoms with Crippen molar-refractivity contribution in [1.82, 2.24) is 5.32 Å². The molecule has 0 fully saturated rings. The van der Waals surface area contributed by atoms with E-state index in [1.165, 1.54) is 154 Å². The van der Waals surface area contributed by atoms with Crippen LogP contribution in [-0.4, -0.2) is 47.4 Å². The fourth-order valence-corrected chi connectivity index (χ4v) is 7.08. The number of aliphatic hydroxyl groups is 2. The lowest BCUT2D eigenvalue weighted by Crippen LogP contribution is -2.45. The Balaban J connectivity index is 3.48. The van der Waals surface area contributed by atoms with Gasteiger partial charge in [-0.25, -0.2) is 0 Å². The van der Waals surface area contributed by atoms with Crippen LogP contribution in [0.5, 0.6) is 0 Å². The number of aliphatic hydroxyl groups excluding tert-OH is 2. The van der Waals surface area contributed by atoms with E-state index in [1.807, 2.05) is 6.08 Å². The van der Waals surface area contributed by atoms with Gasteiger partial charge in [-0.2, -0.15) is 0 Å². The number of esters is 1. The van der Waals surface area contributed by atoms with E-state index in [9.17, 15) is 19.8 Å². The van der Waals surface area contributed by atoms with Crippen LogP contribution in [0.3, 0.4) is 0 Å². The van der Waals surface area contributed by atoms with Gasteiger partial charge >= 0.3 is 5.97 Å². The zero-order chi connectivity index (χ0) is 40.8. The van der Waals surface area contributed by atoms with E-state index in [4.69, 9.17) is 4.74 Å². The minimum absolute atomic E-state index is 0.0101. The van der Waals surface area contributed by atoms with E-state index in [0.29, 0.717) is 19.4 Å². The van der Waals surface area contributed by atoms with E-state index < -0.39 is 12.1 Å². The van der Waals surface area contributed by atoms with Crippen molar-refractivity contribution in [2.24, 2.45) is 0 Å². The van der Waals surface area contributed by atoms with Crippen molar-refractivity contribution in [3.05, 3.63) is 36.5 Å². The Morgan fingerprint density at radius 3 is 1.32 bits per heavy atom. The fraction of sp³-hybridized carbons (Fsp3) is 0.840. The van der Waals surface area contributed by atoms with E-state index in [-0.39, 0.29) is 18.5 Å². The molecule has 6 nitrogen and oxygen atoms in total. The van der Waals surface area contributed by atoms with Crippen LogP contribution in [-0.2, 0) is 14.3 Å². The molecule has 328 valence electrons. The molecule has 0 aromatic rings. The lowest BCUT2D eigenvalue weighted by Gasteiger charge is -2.20. The van der Waals surface area contributed by atoms with Gasteiger partial charge in [-0.05, 0) is 77.0 Å². The van der Waals surface area contributed by atoms with Crippen molar-refractivity contribution in [2.75, 3.05) is 13.2 Å². The van der Waals surface area contributed by atoms with Gasteiger partial charge in [0.1, 0.15) is 0 Å². The number of hydrogen-bond acceptors (Lipinski definition) is 5. The number of carbonyl (C=O) groups is 2. The summed E-state index contributed by atoms with van der Waals surface area (Å²) in [4.78, 5) is 24.3. The van der Waals surface area contributed by atoms with Crippen molar-refractivity contribution >= 4 is 11.9 Å². The summed E-state index contributed by atoms with van der Waals surface area (Å²) in [5.41, 5.74) is 0. The average molecular weight is 788 g/mol. The molecule has 2 unspecified atom stereocenters. The summed E-state index contributed by atoms with van der Waals surface area (Å²) in [7, 11) is 0. The highest BCUT2D eigenvalue weighted by molar-refractivity contribution is 5.76. The van der Waals surface area contributed by atoms with Crippen molar-refractivity contribution in [1.29, 1.82) is 0 Å². The lowest BCUT2D eigenvalue weighted by atomic mass is 10.1. The van der Waals surface area contributed by atoms with Crippen molar-refractivity contribution in [2.45, 2.75) is 257 Å². The van der Waals surface area contributed by atoms with Crippen LogP contribution in [0.2, 0.25) is 0 Å². The van der Waals surface area contributed by atoms with Crippen molar-refractivity contribution in [3.63, 3.8) is 0 Å². The van der Waals surface area contributed by atoms with Gasteiger partial charge in [0, 0.05) is 12.8 Å². The monoisotopic (exact) mass is 788 g/mol. The van der Waals surface area contributed by atoms with Gasteiger partial charge in [-0.15, -0.1) is 0 Å². The van der Waals surface area contributed by atoms with E-state index in [0.717, 1.165) is 64.2 Å². The van der Waals surface area contributed by atoms with Gasteiger partial charge in [0.2, 0.25) is 5.91 Å². The molecule has 0 bridgehead atoms. The standard InChI is InChI=1S/C50H93NO5/c1-3-5-7-9-11-13-23-28-32-36-40-44-50(55)56-45-41-37-33-29-25-22-20-18-16-15-17-19-21-24-27-31-35-39-43-49(54)51-47(46-52)48(53)42-38-34-30-26-14-12-10-8-6-4-2/h9,11,17,19,38,42,47-48,52-53H,3-8,10,12-16,18,20-37,39-41,43-46H2,1-2H3,(H,51,54)/b11-9-,19-17-,42-38+. The zero-order valence-corrected chi connectivity index (χ0v) is 37.1. The summed E-state index contributed by atoms with van der Waals surface area (Å²) in [5, 5.41) is 22.9. The first-order valence-corrected chi connectivity index (χ1v) is 24.3. The summed E-state index contributed by atoms with van der Waals surface area (Å²) in [6.45, 7) is 4.81. The van der Waals surface area contributed by atoms with Crippen LogP contribution in [0.15, 0.2) is 36.5 Å². The highest BCUT2D eigenvalue weighted by Gasteiger charge is 2.18. The van der Waals surface area contributed by atoms with E-state index in [1.54, 1.807) is 6.08 Å². The third kappa shape index (κ3) is 41.7. The predicted octanol–water partition coefficient (Wildman–Crippen LogP) is 14.1. The molecular weight excluding hydrogens is 695 g/mol. The molecule has 0 aliphatic rings. The zero-order valence-electron chi connectivity index (χ0n) is 37.1. The normalized spacial score (nSPS) is 13.0. The number of hydrogen-bond donors (Lipinski definition) is 3. The van der Waals surface area contributed by atoms with Crippen molar-refractivity contribution in [3.8, 4) is 0 Å². The van der Waals surface area contributed by atoms with Gasteiger partial charge in [0.15, 0.2) is 0 Å². The van der Waals surface area contributed by atoms with E-state index >= 15 is 0 Å². The molecular formula is C50H93NO5. The first-order valence-electron chi connectivity index (χ1n) is 24.3. The smallest absolute Gasteiger partial charge is 0.305 e. The molecule has 56 heavy (non-hydrogen) atoms. The summed E-state index contributed by atoms with van der Waals surface area (Å²) >= 11 is 0. The summed E-state index contributed by atoms with van der Waals surface area (Å²) in [6.07, 6.45) is 54.3. The quantitative estimate of drug-likeness (QED) is 0.0325. The summed E-state index contributed by atoms with van der Waals surface area (Å²) < 4.78 is 5.44. The molecule has 0 aromatic heterocycles. The molecule has 0 saturated carbocycles. The highest BCUT2D eigenvalue weighted by Crippen LogP contribution is 2.14. The number of carbonyl (C=O) groups excluding carboxylic acids is 2. The summed E-state index contributed by atoms with van der Waals surface area (Å²) in [5.74, 6) is -0.0959. The molecule has 0 rings (SSSR count). The maximum absolute atomic E-state index is 12.4. The largest absolute Gasteiger partial charge is 0.466 e. The molecule has 0 aliphatic carbocycles. The highest BCUT2D eigenvalue weighted by atomic mass is 16.5. The van der Waals surface area contributed by atoms with Crippen LogP contribution in [0, 0.1) is 0 Å². The van der Waals surface area contributed by atoms with Crippen LogP contribution >= 0.6 is 0 Å². The number of rotatable bonds is 44. The van der Waals surface area contributed by atoms with Gasteiger partial charge in [-0.1, -0.05) is 192 Å². The van der Waals surface area contributed by atoms with E-state index in [2.05, 4.69) is 43.5 Å². The topological polar surface area (TPSA) is 95.9 Å². The van der Waals surface area contributed by atoms with Gasteiger partial charge in [0.25, 0.3) is 0 Å². The minimum atomic E-state index is -0.851. The first-order chi connectivity index (χ1) is 27.5. The Labute approximate surface area is 347 Å². The SMILES string of the molecule is CCCC/C=C\CCCCCCCC(=O)OCCCCCCCCCCC/C=C\CCCCCCCC(=O)NC(CO)C(O)/C=C/CCCCCCCCCC. The van der Waals surface area contributed by atoms with Crippen LogP contribution in [0.4, 0.5) is 0 Å². The van der Waals surface area contributed by atoms with Gasteiger partial charge < -0.3 is 20.3 Å².